The Morgan fingerprint density at radius 3 is 2.57 bits per heavy atom. The fourth-order valence-corrected chi connectivity index (χ4v) is 4.20. The van der Waals surface area contributed by atoms with Gasteiger partial charge in [-0.1, -0.05) is 65.3 Å². The van der Waals surface area contributed by atoms with Gasteiger partial charge in [-0.25, -0.2) is 5.43 Å². The molecular formula is C26H21ClN6O3S. The predicted molar refractivity (Wildman–Crippen MR) is 146 cm³/mol. The summed E-state index contributed by atoms with van der Waals surface area (Å²) in [7, 11) is 0. The van der Waals surface area contributed by atoms with E-state index in [0.717, 1.165) is 16.8 Å². The molecule has 1 aromatic heterocycles. The minimum Gasteiger partial charge on any atom is -0.272 e. The first-order valence-corrected chi connectivity index (χ1v) is 12.4. The zero-order valence-corrected chi connectivity index (χ0v) is 21.2. The number of rotatable bonds is 9. The number of benzene rings is 3. The zero-order chi connectivity index (χ0) is 26.2. The first-order chi connectivity index (χ1) is 17.9. The number of para-hydroxylation sites is 1. The summed E-state index contributed by atoms with van der Waals surface area (Å²) in [4.78, 5) is 23.0. The molecule has 0 saturated heterocycles. The van der Waals surface area contributed by atoms with E-state index < -0.39 is 4.92 Å². The number of amides is 1. The molecule has 11 heteroatoms. The molecular weight excluding hydrogens is 512 g/mol. The van der Waals surface area contributed by atoms with Gasteiger partial charge in [-0.3, -0.25) is 19.5 Å². The number of hydrazone groups is 1. The lowest BCUT2D eigenvalue weighted by Crippen LogP contribution is -2.19. The molecule has 0 aliphatic heterocycles. The van der Waals surface area contributed by atoms with E-state index >= 15 is 0 Å². The van der Waals surface area contributed by atoms with Gasteiger partial charge in [0.25, 0.3) is 11.6 Å². The smallest absolute Gasteiger partial charge is 0.272 e. The average Bonchev–Trinajstić information content (AvgIpc) is 3.32. The van der Waals surface area contributed by atoms with E-state index in [1.54, 1.807) is 36.4 Å². The summed E-state index contributed by atoms with van der Waals surface area (Å²) in [5.41, 5.74) is 5.69. The minimum atomic E-state index is -0.456. The maximum absolute atomic E-state index is 12.4. The van der Waals surface area contributed by atoms with E-state index in [4.69, 9.17) is 11.6 Å². The fourth-order valence-electron chi connectivity index (χ4n) is 3.33. The number of carbonyl (C=O) groups excluding carboxylic acids is 1. The van der Waals surface area contributed by atoms with Crippen molar-refractivity contribution >= 4 is 47.2 Å². The number of hydrogen-bond donors (Lipinski definition) is 1. The molecule has 9 nitrogen and oxygen atoms in total. The lowest BCUT2D eigenvalue weighted by atomic mass is 10.1. The Hall–Kier alpha value is -4.28. The van der Waals surface area contributed by atoms with Crippen molar-refractivity contribution < 1.29 is 9.72 Å². The highest BCUT2D eigenvalue weighted by atomic mass is 35.5. The first kappa shape index (κ1) is 25.8. The number of carbonyl (C=O) groups is 1. The molecule has 1 heterocycles. The molecule has 0 aliphatic rings. The third kappa shape index (κ3) is 6.69. The van der Waals surface area contributed by atoms with Crippen LogP contribution in [-0.2, 0) is 4.79 Å². The van der Waals surface area contributed by atoms with Gasteiger partial charge in [-0.05, 0) is 49.4 Å². The molecule has 4 aromatic rings. The summed E-state index contributed by atoms with van der Waals surface area (Å²) in [5, 5.41) is 24.8. The second-order valence-electron chi connectivity index (χ2n) is 7.76. The zero-order valence-electron chi connectivity index (χ0n) is 19.6. The van der Waals surface area contributed by atoms with E-state index in [2.05, 4.69) is 20.7 Å². The van der Waals surface area contributed by atoms with Gasteiger partial charge in [0, 0.05) is 28.6 Å². The van der Waals surface area contributed by atoms with Gasteiger partial charge < -0.3 is 0 Å². The Morgan fingerprint density at radius 1 is 1.11 bits per heavy atom. The predicted octanol–water partition coefficient (Wildman–Crippen LogP) is 5.71. The molecule has 0 atom stereocenters. The Bertz CT molecular complexity index is 1470. The van der Waals surface area contributed by atoms with Crippen molar-refractivity contribution in [1.29, 1.82) is 0 Å². The SMILES string of the molecule is Cc1ccc(-c2nnc(SCC(=O)N/N=C/C=C/c3ccccc3[N+](=O)[O-])n2-c2ccc(Cl)cc2)cc1. The molecule has 0 saturated carbocycles. The average molecular weight is 533 g/mol. The van der Waals surface area contributed by atoms with E-state index in [-0.39, 0.29) is 17.3 Å². The number of nitro benzene ring substituents is 1. The lowest BCUT2D eigenvalue weighted by molar-refractivity contribution is -0.385. The van der Waals surface area contributed by atoms with Crippen LogP contribution in [0.1, 0.15) is 11.1 Å². The van der Waals surface area contributed by atoms with Crippen molar-refractivity contribution in [2.45, 2.75) is 12.1 Å². The van der Waals surface area contributed by atoms with Crippen LogP contribution in [-0.4, -0.2) is 37.6 Å². The molecule has 0 radical (unpaired) electrons. The molecule has 0 bridgehead atoms. The minimum absolute atomic E-state index is 0.0117. The summed E-state index contributed by atoms with van der Waals surface area (Å²) in [6.45, 7) is 2.01. The molecule has 37 heavy (non-hydrogen) atoms. The van der Waals surface area contributed by atoms with Crippen LogP contribution >= 0.6 is 23.4 Å². The fraction of sp³-hybridized carbons (Fsp3) is 0.0769. The number of hydrogen-bond acceptors (Lipinski definition) is 7. The third-order valence-corrected chi connectivity index (χ3v) is 6.30. The number of aromatic nitrogens is 3. The Morgan fingerprint density at radius 2 is 1.84 bits per heavy atom. The van der Waals surface area contributed by atoms with Gasteiger partial charge in [0.1, 0.15) is 0 Å². The van der Waals surface area contributed by atoms with Crippen molar-refractivity contribution in [2.75, 3.05) is 5.75 Å². The molecule has 0 spiro atoms. The molecule has 1 N–H and O–H groups in total. The number of thioether (sulfide) groups is 1. The van der Waals surface area contributed by atoms with Crippen LogP contribution in [0.3, 0.4) is 0 Å². The number of aryl methyl sites for hydroxylation is 1. The van der Waals surface area contributed by atoms with Crippen LogP contribution < -0.4 is 5.43 Å². The summed E-state index contributed by atoms with van der Waals surface area (Å²) in [6.07, 6.45) is 4.41. The van der Waals surface area contributed by atoms with Crippen molar-refractivity contribution in [3.8, 4) is 17.1 Å². The number of halogens is 1. The maximum Gasteiger partial charge on any atom is 0.276 e. The van der Waals surface area contributed by atoms with Gasteiger partial charge in [-0.15, -0.1) is 10.2 Å². The molecule has 0 aliphatic carbocycles. The summed E-state index contributed by atoms with van der Waals surface area (Å²) < 4.78 is 1.87. The second kappa shape index (κ2) is 12.1. The topological polar surface area (TPSA) is 115 Å². The van der Waals surface area contributed by atoms with Crippen LogP contribution in [0.2, 0.25) is 5.02 Å². The van der Waals surface area contributed by atoms with Crippen LogP contribution in [0.4, 0.5) is 5.69 Å². The van der Waals surface area contributed by atoms with Crippen molar-refractivity contribution in [1.82, 2.24) is 20.2 Å². The lowest BCUT2D eigenvalue weighted by Gasteiger charge is -2.10. The van der Waals surface area contributed by atoms with E-state index in [9.17, 15) is 14.9 Å². The van der Waals surface area contributed by atoms with E-state index in [0.29, 0.717) is 21.6 Å². The number of allylic oxidation sites excluding steroid dienone is 1. The van der Waals surface area contributed by atoms with E-state index in [1.807, 2.05) is 47.9 Å². The molecule has 1 amide bonds. The number of nitrogens with one attached hydrogen (secondary N) is 1. The Kier molecular flexibility index (Phi) is 8.44. The third-order valence-electron chi connectivity index (χ3n) is 5.12. The second-order valence-corrected chi connectivity index (χ2v) is 9.14. The van der Waals surface area contributed by atoms with Crippen molar-refractivity contribution in [3.05, 3.63) is 105 Å². The summed E-state index contributed by atoms with van der Waals surface area (Å²) in [5.74, 6) is 0.344. The number of nitrogens with zero attached hydrogens (tertiary/aromatic N) is 5. The van der Waals surface area contributed by atoms with Gasteiger partial charge in [0.2, 0.25) is 0 Å². The van der Waals surface area contributed by atoms with Crippen molar-refractivity contribution in [2.24, 2.45) is 5.10 Å². The molecule has 0 unspecified atom stereocenters. The first-order valence-electron chi connectivity index (χ1n) is 11.1. The normalized spacial score (nSPS) is 11.3. The number of nitro groups is 1. The van der Waals surface area contributed by atoms with E-state index in [1.165, 1.54) is 30.1 Å². The van der Waals surface area contributed by atoms with Crippen LogP contribution in [0, 0.1) is 17.0 Å². The highest BCUT2D eigenvalue weighted by Gasteiger charge is 2.17. The Labute approximate surface area is 222 Å². The molecule has 0 fully saturated rings. The summed E-state index contributed by atoms with van der Waals surface area (Å²) >= 11 is 7.29. The quantitative estimate of drug-likeness (QED) is 0.128. The van der Waals surface area contributed by atoms with Crippen LogP contribution in [0.15, 0.2) is 89.1 Å². The van der Waals surface area contributed by atoms with Crippen LogP contribution in [0.25, 0.3) is 23.2 Å². The van der Waals surface area contributed by atoms with Gasteiger partial charge in [-0.2, -0.15) is 5.10 Å². The van der Waals surface area contributed by atoms with Gasteiger partial charge in [0.15, 0.2) is 11.0 Å². The van der Waals surface area contributed by atoms with Gasteiger partial charge >= 0.3 is 0 Å². The molecule has 4 rings (SSSR count). The largest absolute Gasteiger partial charge is 0.276 e. The van der Waals surface area contributed by atoms with Crippen molar-refractivity contribution in [3.63, 3.8) is 0 Å². The van der Waals surface area contributed by atoms with Crippen LogP contribution in [0.5, 0.6) is 0 Å². The highest BCUT2D eigenvalue weighted by molar-refractivity contribution is 7.99. The van der Waals surface area contributed by atoms with Gasteiger partial charge in [0.05, 0.1) is 16.2 Å². The standard InChI is InChI=1S/C26H21ClN6O3S/c1-18-8-10-20(11-9-18)25-30-31-26(32(25)22-14-12-21(27)13-15-22)37-17-24(34)29-28-16-4-6-19-5-2-3-7-23(19)33(35)36/h2-16H,17H2,1H3,(H,29,34)/b6-4+,28-16+. The molecule has 186 valence electrons. The molecule has 3 aromatic carbocycles. The Balaban J connectivity index is 1.44. The summed E-state index contributed by atoms with van der Waals surface area (Å²) in [6, 6.07) is 21.6. The highest BCUT2D eigenvalue weighted by Crippen LogP contribution is 2.28. The maximum atomic E-state index is 12.4. The monoisotopic (exact) mass is 532 g/mol.